The molecule has 3 aromatic carbocycles. The van der Waals surface area contributed by atoms with E-state index in [0.29, 0.717) is 11.8 Å². The largest absolute Gasteiger partial charge is 0.421 e. The van der Waals surface area contributed by atoms with Gasteiger partial charge in [0.1, 0.15) is 0 Å². The first-order chi connectivity index (χ1) is 16.7. The quantitative estimate of drug-likeness (QED) is 0.265. The summed E-state index contributed by atoms with van der Waals surface area (Å²) in [6, 6.07) is 32.6. The van der Waals surface area contributed by atoms with E-state index in [1.807, 2.05) is 72.0 Å². The molecular formula is C30H22N2OS. The van der Waals surface area contributed by atoms with E-state index >= 15 is 0 Å². The predicted octanol–water partition coefficient (Wildman–Crippen LogP) is 8.59. The zero-order chi connectivity index (χ0) is 23.1. The maximum absolute atomic E-state index is 6.11. The molecule has 0 aliphatic carbocycles. The summed E-state index contributed by atoms with van der Waals surface area (Å²) in [4.78, 5) is 10.9. The van der Waals surface area contributed by atoms with Crippen LogP contribution < -0.4 is 4.74 Å². The van der Waals surface area contributed by atoms with Crippen LogP contribution >= 0.6 is 11.3 Å². The number of rotatable bonds is 4. The number of ether oxygens (including phenoxy) is 1. The van der Waals surface area contributed by atoms with Crippen molar-refractivity contribution in [3.05, 3.63) is 108 Å². The first kappa shape index (κ1) is 20.6. The Bertz CT molecular complexity index is 1650. The molecule has 6 rings (SSSR count). The summed E-state index contributed by atoms with van der Waals surface area (Å²) in [5.74, 6) is 1.05. The molecule has 3 heterocycles. The number of fused-ring (bicyclic) bond motifs is 3. The third kappa shape index (κ3) is 3.62. The Morgan fingerprint density at radius 1 is 0.676 bits per heavy atom. The summed E-state index contributed by atoms with van der Waals surface area (Å²) >= 11 is 1.83. The third-order valence-electron chi connectivity index (χ3n) is 6.16. The van der Waals surface area contributed by atoms with Crippen molar-refractivity contribution >= 4 is 32.2 Å². The average Bonchev–Trinajstić information content (AvgIpc) is 3.18. The summed E-state index contributed by atoms with van der Waals surface area (Å²) in [7, 11) is 0. The molecule has 3 nitrogen and oxygen atoms in total. The Labute approximate surface area is 202 Å². The number of nitrogens with zero attached hydrogens (tertiary/aromatic N) is 2. The minimum Gasteiger partial charge on any atom is -0.421 e. The number of benzene rings is 3. The molecular weight excluding hydrogens is 436 g/mol. The van der Waals surface area contributed by atoms with Crippen LogP contribution in [0, 0.1) is 13.8 Å². The van der Waals surface area contributed by atoms with Gasteiger partial charge in [-0.2, -0.15) is 0 Å². The van der Waals surface area contributed by atoms with Crippen molar-refractivity contribution in [1.82, 2.24) is 9.97 Å². The highest BCUT2D eigenvalue weighted by molar-refractivity contribution is 7.20. The molecule has 0 saturated carbocycles. The van der Waals surface area contributed by atoms with Crippen LogP contribution in [0.3, 0.4) is 0 Å². The van der Waals surface area contributed by atoms with Crippen molar-refractivity contribution in [3.8, 4) is 34.3 Å². The molecule has 4 heteroatoms. The third-order valence-corrected chi connectivity index (χ3v) is 7.40. The highest BCUT2D eigenvalue weighted by Gasteiger charge is 2.16. The van der Waals surface area contributed by atoms with E-state index in [9.17, 15) is 0 Å². The minimum absolute atomic E-state index is 0.525. The van der Waals surface area contributed by atoms with Crippen molar-refractivity contribution in [2.24, 2.45) is 0 Å². The van der Waals surface area contributed by atoms with Gasteiger partial charge in [0.2, 0.25) is 11.8 Å². The number of aryl methyl sites for hydroxylation is 2. The number of hydrogen-bond donors (Lipinski definition) is 0. The van der Waals surface area contributed by atoms with Crippen molar-refractivity contribution in [2.45, 2.75) is 13.8 Å². The van der Waals surface area contributed by atoms with Gasteiger partial charge in [-0.3, -0.25) is 0 Å². The van der Waals surface area contributed by atoms with Crippen LogP contribution in [0.25, 0.3) is 43.4 Å². The lowest BCUT2D eigenvalue weighted by molar-refractivity contribution is 0.446. The molecule has 0 fully saturated rings. The van der Waals surface area contributed by atoms with Gasteiger partial charge in [0.25, 0.3) is 0 Å². The van der Waals surface area contributed by atoms with Gasteiger partial charge in [-0.05, 0) is 48.4 Å². The fourth-order valence-electron chi connectivity index (χ4n) is 4.37. The summed E-state index contributed by atoms with van der Waals surface area (Å²) in [5.41, 5.74) is 5.29. The average molecular weight is 459 g/mol. The van der Waals surface area contributed by atoms with E-state index in [1.54, 1.807) is 0 Å². The molecule has 0 atom stereocenters. The lowest BCUT2D eigenvalue weighted by Gasteiger charge is -2.10. The van der Waals surface area contributed by atoms with Crippen molar-refractivity contribution in [2.75, 3.05) is 0 Å². The second kappa shape index (κ2) is 8.40. The zero-order valence-electron chi connectivity index (χ0n) is 18.9. The van der Waals surface area contributed by atoms with Gasteiger partial charge in [0.05, 0.1) is 11.4 Å². The van der Waals surface area contributed by atoms with Gasteiger partial charge in [-0.25, -0.2) is 9.97 Å². The summed E-state index contributed by atoms with van der Waals surface area (Å²) < 4.78 is 7.38. The van der Waals surface area contributed by atoms with Gasteiger partial charge < -0.3 is 4.74 Å². The van der Waals surface area contributed by atoms with Crippen LogP contribution in [0.5, 0.6) is 11.8 Å². The second-order valence-corrected chi connectivity index (χ2v) is 9.55. The SMILES string of the molecule is Cc1sc2c(-c3cccc(Oc4cccc(-c5ccccc5)n4)n3)cc3ccccc3c2c1C. The van der Waals surface area contributed by atoms with Gasteiger partial charge >= 0.3 is 0 Å². The minimum atomic E-state index is 0.525. The molecule has 34 heavy (non-hydrogen) atoms. The Hall–Kier alpha value is -4.02. The van der Waals surface area contributed by atoms with E-state index in [4.69, 9.17) is 9.72 Å². The molecule has 164 valence electrons. The van der Waals surface area contributed by atoms with Gasteiger partial charge in [-0.15, -0.1) is 11.3 Å². The maximum atomic E-state index is 6.11. The number of thiophene rings is 1. The summed E-state index contributed by atoms with van der Waals surface area (Å²) in [6.07, 6.45) is 0. The number of pyridine rings is 2. The van der Waals surface area contributed by atoms with E-state index < -0.39 is 0 Å². The fourth-order valence-corrected chi connectivity index (χ4v) is 5.57. The van der Waals surface area contributed by atoms with Crippen LogP contribution in [-0.4, -0.2) is 9.97 Å². The highest BCUT2D eigenvalue weighted by atomic mass is 32.1. The lowest BCUT2D eigenvalue weighted by Crippen LogP contribution is -1.93. The zero-order valence-corrected chi connectivity index (χ0v) is 19.8. The summed E-state index contributed by atoms with van der Waals surface area (Å²) in [6.45, 7) is 4.40. The van der Waals surface area contributed by atoms with E-state index in [0.717, 1.165) is 22.5 Å². The Morgan fingerprint density at radius 2 is 1.35 bits per heavy atom. The molecule has 0 aliphatic rings. The van der Waals surface area contributed by atoms with Gasteiger partial charge in [0.15, 0.2) is 0 Å². The standard InChI is InChI=1S/C30H22N2OS/c1-19-20(2)34-30-24(18-22-12-6-7-13-23(22)29(19)30)26-15-9-17-28(32-26)33-27-16-8-14-25(31-27)21-10-4-3-5-11-21/h3-18H,1-2H3. The van der Waals surface area contributed by atoms with Crippen LogP contribution in [0.2, 0.25) is 0 Å². The normalized spacial score (nSPS) is 11.2. The molecule has 0 unspecified atom stereocenters. The number of hydrogen-bond acceptors (Lipinski definition) is 4. The van der Waals surface area contributed by atoms with Crippen molar-refractivity contribution in [3.63, 3.8) is 0 Å². The monoisotopic (exact) mass is 458 g/mol. The maximum Gasteiger partial charge on any atom is 0.221 e. The lowest BCUT2D eigenvalue weighted by atomic mass is 9.98. The Balaban J connectivity index is 1.42. The first-order valence-corrected chi connectivity index (χ1v) is 12.1. The van der Waals surface area contributed by atoms with Gasteiger partial charge in [-0.1, -0.05) is 66.7 Å². The summed E-state index contributed by atoms with van der Waals surface area (Å²) in [5, 5.41) is 3.83. The fraction of sp³-hybridized carbons (Fsp3) is 0.0667. The van der Waals surface area contributed by atoms with E-state index in [1.165, 1.54) is 31.3 Å². The molecule has 6 aromatic rings. The Morgan fingerprint density at radius 3 is 2.15 bits per heavy atom. The Kier molecular flexibility index (Phi) is 5.08. The van der Waals surface area contributed by atoms with Crippen LogP contribution in [0.1, 0.15) is 10.4 Å². The smallest absolute Gasteiger partial charge is 0.221 e. The molecule has 0 saturated heterocycles. The van der Waals surface area contributed by atoms with Crippen LogP contribution in [0.15, 0.2) is 97.1 Å². The van der Waals surface area contributed by atoms with Crippen molar-refractivity contribution in [1.29, 1.82) is 0 Å². The topological polar surface area (TPSA) is 35.0 Å². The molecule has 0 spiro atoms. The predicted molar refractivity (Wildman–Crippen MR) is 142 cm³/mol. The van der Waals surface area contributed by atoms with E-state index in [-0.39, 0.29) is 0 Å². The van der Waals surface area contributed by atoms with Crippen LogP contribution in [-0.2, 0) is 0 Å². The highest BCUT2D eigenvalue weighted by Crippen LogP contribution is 2.42. The molecule has 0 N–H and O–H groups in total. The molecule has 0 amide bonds. The molecule has 0 aliphatic heterocycles. The number of aromatic nitrogens is 2. The first-order valence-electron chi connectivity index (χ1n) is 11.3. The molecule has 0 bridgehead atoms. The molecule has 3 aromatic heterocycles. The van der Waals surface area contributed by atoms with Crippen LogP contribution in [0.4, 0.5) is 0 Å². The van der Waals surface area contributed by atoms with Gasteiger partial charge in [0, 0.05) is 38.2 Å². The van der Waals surface area contributed by atoms with E-state index in [2.05, 4.69) is 55.2 Å². The van der Waals surface area contributed by atoms with Crippen molar-refractivity contribution < 1.29 is 4.74 Å². The molecule has 0 radical (unpaired) electrons. The second-order valence-electron chi connectivity index (χ2n) is 8.32.